The molecule has 0 saturated carbocycles. The van der Waals surface area contributed by atoms with Crippen molar-refractivity contribution in [3.8, 4) is 0 Å². The van der Waals surface area contributed by atoms with Gasteiger partial charge in [-0.25, -0.2) is 4.79 Å². The van der Waals surface area contributed by atoms with Crippen LogP contribution in [0.1, 0.15) is 41.4 Å². The number of anilines is 1. The van der Waals surface area contributed by atoms with Crippen molar-refractivity contribution in [1.82, 2.24) is 9.69 Å². The first-order valence-corrected chi connectivity index (χ1v) is 10.2. The zero-order valence-electron chi connectivity index (χ0n) is 13.3. The molecule has 0 unspecified atom stereocenters. The maximum absolute atomic E-state index is 12.0. The molecule has 2 aromatic rings. The molecule has 0 aliphatic heterocycles. The van der Waals surface area contributed by atoms with Crippen molar-refractivity contribution in [1.29, 1.82) is 0 Å². The van der Waals surface area contributed by atoms with Crippen LogP contribution < -0.4 is 16.4 Å². The summed E-state index contributed by atoms with van der Waals surface area (Å²) in [6.07, 6.45) is 3.33. The second-order valence-electron chi connectivity index (χ2n) is 5.00. The first-order valence-electron chi connectivity index (χ1n) is 7.61. The van der Waals surface area contributed by atoms with E-state index in [2.05, 4.69) is 21.9 Å². The molecule has 0 aliphatic rings. The zero-order chi connectivity index (χ0) is 17.4. The number of nitrogens with zero attached hydrogens (tertiary/aromatic N) is 1. The highest BCUT2D eigenvalue weighted by molar-refractivity contribution is 7.99. The quantitative estimate of drug-likeness (QED) is 0.451. The summed E-state index contributed by atoms with van der Waals surface area (Å²) >= 11 is 4.15. The number of aromatic nitrogens is 1. The van der Waals surface area contributed by atoms with Gasteiger partial charge >= 0.3 is 6.03 Å². The molecule has 3 amide bonds. The highest BCUT2D eigenvalue weighted by Gasteiger charge is 2.20. The van der Waals surface area contributed by atoms with E-state index in [0.717, 1.165) is 41.4 Å². The fraction of sp³-hybridized carbons (Fsp3) is 0.400. The number of carbonyl (C=O) groups excluding carboxylic acids is 2. The minimum absolute atomic E-state index is 0.299. The Hall–Kier alpha value is -1.58. The highest BCUT2D eigenvalue weighted by Crippen LogP contribution is 2.32. The number of thioether (sulfide) groups is 1. The summed E-state index contributed by atoms with van der Waals surface area (Å²) in [5, 5.41) is 8.36. The number of nitrogens with one attached hydrogen (secondary N) is 2. The van der Waals surface area contributed by atoms with E-state index in [1.807, 2.05) is 17.5 Å². The van der Waals surface area contributed by atoms with Crippen LogP contribution in [0.2, 0.25) is 0 Å². The largest absolute Gasteiger partial charge is 0.365 e. The van der Waals surface area contributed by atoms with Gasteiger partial charge in [0.15, 0.2) is 0 Å². The van der Waals surface area contributed by atoms with Gasteiger partial charge in [-0.15, -0.1) is 23.1 Å². The highest BCUT2D eigenvalue weighted by atomic mass is 32.2. The van der Waals surface area contributed by atoms with Gasteiger partial charge in [-0.05, 0) is 35.2 Å². The van der Waals surface area contributed by atoms with Crippen LogP contribution in [0.4, 0.5) is 9.80 Å². The van der Waals surface area contributed by atoms with Gasteiger partial charge < -0.3 is 11.1 Å². The number of urea groups is 1. The summed E-state index contributed by atoms with van der Waals surface area (Å²) in [5.41, 5.74) is 5.76. The van der Waals surface area contributed by atoms with E-state index in [-0.39, 0.29) is 6.03 Å². The van der Waals surface area contributed by atoms with Crippen molar-refractivity contribution in [2.75, 3.05) is 11.1 Å². The number of hydrogen-bond acceptors (Lipinski definition) is 6. The molecule has 9 heteroatoms. The number of nitrogens with two attached hydrogens (primary N) is 1. The van der Waals surface area contributed by atoms with Gasteiger partial charge in [0.05, 0.1) is 6.54 Å². The SMILES string of the molecule is CCCCCSc1nsc(NC(=O)NCc2cccs2)c1C(N)=O. The van der Waals surface area contributed by atoms with Gasteiger partial charge in [-0.2, -0.15) is 4.37 Å². The van der Waals surface area contributed by atoms with E-state index < -0.39 is 5.91 Å². The van der Waals surface area contributed by atoms with Gasteiger partial charge in [0.2, 0.25) is 0 Å². The molecule has 2 rings (SSSR count). The van der Waals surface area contributed by atoms with Crippen molar-refractivity contribution in [2.45, 2.75) is 37.8 Å². The number of primary amides is 1. The molecule has 4 N–H and O–H groups in total. The molecule has 0 saturated heterocycles. The Kier molecular flexibility index (Phi) is 7.54. The Morgan fingerprint density at radius 1 is 1.38 bits per heavy atom. The van der Waals surface area contributed by atoms with E-state index in [9.17, 15) is 9.59 Å². The molecule has 0 radical (unpaired) electrons. The molecule has 0 spiro atoms. The Labute approximate surface area is 153 Å². The van der Waals surface area contributed by atoms with E-state index in [4.69, 9.17) is 5.73 Å². The Morgan fingerprint density at radius 2 is 2.21 bits per heavy atom. The molecule has 130 valence electrons. The number of unbranched alkanes of at least 4 members (excludes halogenated alkanes) is 2. The second-order valence-corrected chi connectivity index (χ2v) is 7.89. The molecule has 2 aromatic heterocycles. The normalized spacial score (nSPS) is 10.5. The summed E-state index contributed by atoms with van der Waals surface area (Å²) in [7, 11) is 0. The molecule has 0 bridgehead atoms. The smallest absolute Gasteiger partial charge is 0.320 e. The number of carbonyl (C=O) groups is 2. The standard InChI is InChI=1S/C15H20N4O2S3/c1-2-3-4-7-23-14-11(12(16)20)13(24-19-14)18-15(21)17-9-10-6-5-8-22-10/h5-6,8H,2-4,7,9H2,1H3,(H2,16,20)(H2,17,18,21). The molecule has 0 fully saturated rings. The van der Waals surface area contributed by atoms with E-state index >= 15 is 0 Å². The average molecular weight is 385 g/mol. The third-order valence-electron chi connectivity index (χ3n) is 3.12. The fourth-order valence-electron chi connectivity index (χ4n) is 1.93. The lowest BCUT2D eigenvalue weighted by atomic mass is 10.3. The van der Waals surface area contributed by atoms with Gasteiger partial charge in [0.25, 0.3) is 5.91 Å². The monoisotopic (exact) mass is 384 g/mol. The first-order chi connectivity index (χ1) is 11.6. The van der Waals surface area contributed by atoms with Crippen molar-refractivity contribution in [2.24, 2.45) is 5.73 Å². The van der Waals surface area contributed by atoms with Crippen LogP contribution in [-0.2, 0) is 6.54 Å². The van der Waals surface area contributed by atoms with Crippen molar-refractivity contribution < 1.29 is 9.59 Å². The third-order valence-corrected chi connectivity index (χ3v) is 5.94. The Morgan fingerprint density at radius 3 is 2.88 bits per heavy atom. The van der Waals surface area contributed by atoms with Gasteiger partial charge in [0, 0.05) is 4.88 Å². The van der Waals surface area contributed by atoms with Crippen LogP contribution in [-0.4, -0.2) is 22.1 Å². The lowest BCUT2D eigenvalue weighted by Gasteiger charge is -2.06. The number of hydrogen-bond donors (Lipinski definition) is 3. The molecule has 24 heavy (non-hydrogen) atoms. The topological polar surface area (TPSA) is 97.1 Å². The molecule has 0 aliphatic carbocycles. The summed E-state index contributed by atoms with van der Waals surface area (Å²) in [5.74, 6) is 0.303. The second kappa shape index (κ2) is 9.65. The lowest BCUT2D eigenvalue weighted by Crippen LogP contribution is -2.28. The van der Waals surface area contributed by atoms with Crippen molar-refractivity contribution in [3.63, 3.8) is 0 Å². The van der Waals surface area contributed by atoms with E-state index in [0.29, 0.717) is 22.1 Å². The van der Waals surface area contributed by atoms with Gasteiger partial charge in [-0.3, -0.25) is 10.1 Å². The van der Waals surface area contributed by atoms with Crippen LogP contribution >= 0.6 is 34.6 Å². The van der Waals surface area contributed by atoms with Crippen LogP contribution in [0.25, 0.3) is 0 Å². The predicted octanol–water partition coefficient (Wildman–Crippen LogP) is 3.91. The number of thiophene rings is 1. The third kappa shape index (κ3) is 5.50. The summed E-state index contributed by atoms with van der Waals surface area (Å²) in [6, 6.07) is 3.49. The van der Waals surface area contributed by atoms with E-state index in [1.54, 1.807) is 11.3 Å². The number of amides is 3. The molecular weight excluding hydrogens is 364 g/mol. The van der Waals surface area contributed by atoms with Crippen LogP contribution in [0.15, 0.2) is 22.5 Å². The maximum atomic E-state index is 12.0. The minimum atomic E-state index is -0.574. The summed E-state index contributed by atoms with van der Waals surface area (Å²) in [6.45, 7) is 2.58. The zero-order valence-corrected chi connectivity index (χ0v) is 15.8. The number of rotatable bonds is 9. The van der Waals surface area contributed by atoms with Crippen LogP contribution in [0.5, 0.6) is 0 Å². The average Bonchev–Trinajstić information content (AvgIpc) is 3.19. The van der Waals surface area contributed by atoms with E-state index in [1.165, 1.54) is 11.8 Å². The lowest BCUT2D eigenvalue weighted by molar-refractivity contribution is 0.0998. The van der Waals surface area contributed by atoms with Crippen LogP contribution in [0.3, 0.4) is 0 Å². The Bertz CT molecular complexity index is 670. The summed E-state index contributed by atoms with van der Waals surface area (Å²) in [4.78, 5) is 24.8. The molecular formula is C15H20N4O2S3. The summed E-state index contributed by atoms with van der Waals surface area (Å²) < 4.78 is 4.26. The fourth-order valence-corrected chi connectivity index (χ4v) is 4.54. The predicted molar refractivity (Wildman–Crippen MR) is 101 cm³/mol. The van der Waals surface area contributed by atoms with Crippen molar-refractivity contribution >= 4 is 51.6 Å². The first kappa shape index (κ1) is 18.8. The van der Waals surface area contributed by atoms with Crippen molar-refractivity contribution in [3.05, 3.63) is 28.0 Å². The Balaban J connectivity index is 1.94. The maximum Gasteiger partial charge on any atom is 0.320 e. The van der Waals surface area contributed by atoms with Crippen LogP contribution in [0, 0.1) is 0 Å². The molecule has 2 heterocycles. The van der Waals surface area contributed by atoms with Gasteiger partial charge in [-0.1, -0.05) is 25.8 Å². The van der Waals surface area contributed by atoms with Gasteiger partial charge in [0.1, 0.15) is 15.6 Å². The molecule has 0 atom stereocenters. The molecule has 0 aromatic carbocycles. The molecule has 6 nitrogen and oxygen atoms in total. The minimum Gasteiger partial charge on any atom is -0.365 e.